The maximum absolute atomic E-state index is 9.89. The van der Waals surface area contributed by atoms with E-state index in [1.165, 1.54) is 0 Å². The van der Waals surface area contributed by atoms with Crippen LogP contribution < -0.4 is 0 Å². The van der Waals surface area contributed by atoms with Crippen molar-refractivity contribution >= 4 is 6.29 Å². The minimum atomic E-state index is 0.134. The summed E-state index contributed by atoms with van der Waals surface area (Å²) in [6, 6.07) is 0. The van der Waals surface area contributed by atoms with Gasteiger partial charge in [-0.3, -0.25) is 0 Å². The summed E-state index contributed by atoms with van der Waals surface area (Å²) < 4.78 is 20.6. The van der Waals surface area contributed by atoms with Crippen molar-refractivity contribution in [3.8, 4) is 0 Å². The Kier molecular flexibility index (Phi) is 14.1. The van der Waals surface area contributed by atoms with Gasteiger partial charge in [-0.1, -0.05) is 6.92 Å². The maximum Gasteiger partial charge on any atom is 0.145 e. The molecule has 0 spiro atoms. The summed E-state index contributed by atoms with van der Waals surface area (Å²) in [4.78, 5) is 9.89. The van der Waals surface area contributed by atoms with Crippen molar-refractivity contribution in [3.63, 3.8) is 0 Å². The Hall–Kier alpha value is -0.490. The smallest absolute Gasteiger partial charge is 0.145 e. The molecule has 0 amide bonds. The first-order chi connectivity index (χ1) is 7.91. The standard InChI is InChI=1S/C11H22O5/c1-2-4-13-6-8-15-10-11-16-9-7-14-5-3-12/h3H,2,4-11H2,1H3. The van der Waals surface area contributed by atoms with Crippen molar-refractivity contribution in [2.45, 2.75) is 13.3 Å². The van der Waals surface area contributed by atoms with Crippen LogP contribution in [0.25, 0.3) is 0 Å². The minimum absolute atomic E-state index is 0.134. The van der Waals surface area contributed by atoms with E-state index in [0.29, 0.717) is 39.6 Å². The Bertz CT molecular complexity index is 140. The normalized spacial score (nSPS) is 10.6. The summed E-state index contributed by atoms with van der Waals surface area (Å²) >= 11 is 0. The first-order valence-corrected chi connectivity index (χ1v) is 5.66. The highest BCUT2D eigenvalue weighted by Gasteiger charge is 1.91. The van der Waals surface area contributed by atoms with E-state index in [4.69, 9.17) is 18.9 Å². The summed E-state index contributed by atoms with van der Waals surface area (Å²) in [6.45, 7) is 6.26. The van der Waals surface area contributed by atoms with Gasteiger partial charge in [-0.05, 0) is 6.42 Å². The molecule has 16 heavy (non-hydrogen) atoms. The van der Waals surface area contributed by atoms with Crippen molar-refractivity contribution < 1.29 is 23.7 Å². The molecule has 0 rings (SSSR count). The van der Waals surface area contributed by atoms with E-state index < -0.39 is 0 Å². The molecule has 0 heterocycles. The molecule has 5 nitrogen and oxygen atoms in total. The first kappa shape index (κ1) is 15.5. The quantitative estimate of drug-likeness (QED) is 0.346. The van der Waals surface area contributed by atoms with Gasteiger partial charge in [-0.25, -0.2) is 0 Å². The maximum atomic E-state index is 9.89. The highest BCUT2D eigenvalue weighted by atomic mass is 16.6. The van der Waals surface area contributed by atoms with E-state index in [2.05, 4.69) is 6.92 Å². The van der Waals surface area contributed by atoms with Crippen LogP contribution in [0.2, 0.25) is 0 Å². The monoisotopic (exact) mass is 234 g/mol. The second kappa shape index (κ2) is 14.5. The van der Waals surface area contributed by atoms with Crippen molar-refractivity contribution in [2.75, 3.05) is 52.9 Å². The second-order valence-corrected chi connectivity index (χ2v) is 3.08. The average Bonchev–Trinajstić information content (AvgIpc) is 2.31. The third-order valence-electron chi connectivity index (χ3n) is 1.65. The summed E-state index contributed by atoms with van der Waals surface area (Å²) in [5.74, 6) is 0. The summed E-state index contributed by atoms with van der Waals surface area (Å²) in [6.07, 6.45) is 1.75. The molecule has 0 aromatic carbocycles. The molecule has 96 valence electrons. The topological polar surface area (TPSA) is 54.0 Å². The molecule has 0 fully saturated rings. The van der Waals surface area contributed by atoms with Gasteiger partial charge < -0.3 is 23.7 Å². The molecule has 0 aliphatic carbocycles. The van der Waals surface area contributed by atoms with Gasteiger partial charge in [0.25, 0.3) is 0 Å². The minimum Gasteiger partial charge on any atom is -0.379 e. The highest BCUT2D eigenvalue weighted by Crippen LogP contribution is 1.83. The van der Waals surface area contributed by atoms with Gasteiger partial charge in [-0.2, -0.15) is 0 Å². The predicted octanol–water partition coefficient (Wildman–Crippen LogP) is 0.662. The van der Waals surface area contributed by atoms with E-state index in [1.54, 1.807) is 0 Å². The van der Waals surface area contributed by atoms with E-state index in [9.17, 15) is 4.79 Å². The van der Waals surface area contributed by atoms with Crippen LogP contribution in [0, 0.1) is 0 Å². The Morgan fingerprint density at radius 3 is 1.62 bits per heavy atom. The van der Waals surface area contributed by atoms with Crippen molar-refractivity contribution in [2.24, 2.45) is 0 Å². The second-order valence-electron chi connectivity index (χ2n) is 3.08. The highest BCUT2D eigenvalue weighted by molar-refractivity contribution is 5.50. The van der Waals surface area contributed by atoms with Gasteiger partial charge >= 0.3 is 0 Å². The van der Waals surface area contributed by atoms with Crippen LogP contribution in [0.5, 0.6) is 0 Å². The lowest BCUT2D eigenvalue weighted by atomic mass is 10.5. The average molecular weight is 234 g/mol. The molecule has 0 aromatic rings. The number of hydrogen-bond acceptors (Lipinski definition) is 5. The van der Waals surface area contributed by atoms with Gasteiger partial charge in [0.05, 0.1) is 39.6 Å². The van der Waals surface area contributed by atoms with E-state index in [0.717, 1.165) is 19.3 Å². The zero-order valence-corrected chi connectivity index (χ0v) is 9.98. The molecule has 0 bridgehead atoms. The number of carbonyl (C=O) groups is 1. The van der Waals surface area contributed by atoms with E-state index >= 15 is 0 Å². The lowest BCUT2D eigenvalue weighted by Crippen LogP contribution is -2.12. The molecule has 5 heteroatoms. The summed E-state index contributed by atoms with van der Waals surface area (Å²) in [7, 11) is 0. The van der Waals surface area contributed by atoms with Crippen LogP contribution in [-0.4, -0.2) is 59.1 Å². The molecule has 0 unspecified atom stereocenters. The van der Waals surface area contributed by atoms with Gasteiger partial charge in [-0.15, -0.1) is 0 Å². The largest absolute Gasteiger partial charge is 0.379 e. The Balaban J connectivity index is 2.85. The molecule has 0 aromatic heterocycles. The Morgan fingerprint density at radius 1 is 0.750 bits per heavy atom. The lowest BCUT2D eigenvalue weighted by molar-refractivity contribution is -0.112. The molecule has 0 aliphatic heterocycles. The zero-order chi connectivity index (χ0) is 11.9. The predicted molar refractivity (Wildman–Crippen MR) is 59.6 cm³/mol. The van der Waals surface area contributed by atoms with Crippen LogP contribution in [-0.2, 0) is 23.7 Å². The number of carbonyl (C=O) groups excluding carboxylic acids is 1. The van der Waals surface area contributed by atoms with Crippen LogP contribution in [0.1, 0.15) is 13.3 Å². The Labute approximate surface area is 97.0 Å². The molecular formula is C11H22O5. The van der Waals surface area contributed by atoms with E-state index in [-0.39, 0.29) is 6.61 Å². The van der Waals surface area contributed by atoms with Crippen LogP contribution in [0.3, 0.4) is 0 Å². The molecule has 0 N–H and O–H groups in total. The van der Waals surface area contributed by atoms with Gasteiger partial charge in [0, 0.05) is 6.61 Å². The van der Waals surface area contributed by atoms with Gasteiger partial charge in [0.2, 0.25) is 0 Å². The summed E-state index contributed by atoms with van der Waals surface area (Å²) in [5, 5.41) is 0. The van der Waals surface area contributed by atoms with Crippen molar-refractivity contribution in [3.05, 3.63) is 0 Å². The molecular weight excluding hydrogens is 212 g/mol. The van der Waals surface area contributed by atoms with Crippen LogP contribution >= 0.6 is 0 Å². The third kappa shape index (κ3) is 13.5. The zero-order valence-electron chi connectivity index (χ0n) is 9.98. The van der Waals surface area contributed by atoms with Gasteiger partial charge in [0.1, 0.15) is 12.9 Å². The summed E-state index contributed by atoms with van der Waals surface area (Å²) in [5.41, 5.74) is 0. The van der Waals surface area contributed by atoms with E-state index in [1.807, 2.05) is 0 Å². The fraction of sp³-hybridized carbons (Fsp3) is 0.909. The number of ether oxygens (including phenoxy) is 4. The fourth-order valence-corrected chi connectivity index (χ4v) is 0.936. The van der Waals surface area contributed by atoms with Crippen LogP contribution in [0.4, 0.5) is 0 Å². The molecule has 0 saturated heterocycles. The fourth-order valence-electron chi connectivity index (χ4n) is 0.936. The van der Waals surface area contributed by atoms with Crippen molar-refractivity contribution in [1.29, 1.82) is 0 Å². The Morgan fingerprint density at radius 2 is 1.19 bits per heavy atom. The number of aldehydes is 1. The van der Waals surface area contributed by atoms with Crippen molar-refractivity contribution in [1.82, 2.24) is 0 Å². The first-order valence-electron chi connectivity index (χ1n) is 5.66. The third-order valence-corrected chi connectivity index (χ3v) is 1.65. The molecule has 0 atom stereocenters. The molecule has 0 saturated carbocycles. The SMILES string of the molecule is CCCOCCOCCOCCOCC=O. The number of hydrogen-bond donors (Lipinski definition) is 0. The van der Waals surface area contributed by atoms with Crippen LogP contribution in [0.15, 0.2) is 0 Å². The number of rotatable bonds is 13. The van der Waals surface area contributed by atoms with Gasteiger partial charge in [0.15, 0.2) is 0 Å². The molecule has 0 aliphatic rings. The lowest BCUT2D eigenvalue weighted by Gasteiger charge is -2.06. The molecule has 0 radical (unpaired) electrons.